The summed E-state index contributed by atoms with van der Waals surface area (Å²) in [7, 11) is 0. The molecule has 0 fully saturated rings. The Morgan fingerprint density at radius 1 is 1.00 bits per heavy atom. The summed E-state index contributed by atoms with van der Waals surface area (Å²) >= 11 is 0. The lowest BCUT2D eigenvalue weighted by atomic mass is 10.00. The third kappa shape index (κ3) is 5.32. The van der Waals surface area contributed by atoms with E-state index in [0.29, 0.717) is 12.1 Å². The Hall–Kier alpha value is -4.38. The summed E-state index contributed by atoms with van der Waals surface area (Å²) in [5.41, 5.74) is 9.32. The third-order valence-corrected chi connectivity index (χ3v) is 6.62. The van der Waals surface area contributed by atoms with Crippen LogP contribution in [0.3, 0.4) is 0 Å². The second-order valence-electron chi connectivity index (χ2n) is 9.28. The Morgan fingerprint density at radius 2 is 1.68 bits per heavy atom. The molecule has 3 heterocycles. The van der Waals surface area contributed by atoms with Crippen LogP contribution >= 0.6 is 0 Å². The molecule has 0 radical (unpaired) electrons. The molecule has 0 aliphatic carbocycles. The summed E-state index contributed by atoms with van der Waals surface area (Å²) in [5, 5.41) is 28.4. The van der Waals surface area contributed by atoms with E-state index in [1.807, 2.05) is 18.2 Å². The first-order valence-corrected chi connectivity index (χ1v) is 12.2. The Morgan fingerprint density at radius 3 is 2.37 bits per heavy atom. The number of carbonyl (C=O) groups excluding carboxylic acids is 2. The summed E-state index contributed by atoms with van der Waals surface area (Å²) in [5.74, 6) is -1.88. The number of nitrogens with zero attached hydrogens (tertiary/aromatic N) is 5. The molecular weight excluding hydrogens is 484 g/mol. The molecule has 0 spiro atoms. The summed E-state index contributed by atoms with van der Waals surface area (Å²) < 4.78 is 1.45. The predicted molar refractivity (Wildman–Crippen MR) is 139 cm³/mol. The van der Waals surface area contributed by atoms with Crippen LogP contribution in [0.1, 0.15) is 32.7 Å². The van der Waals surface area contributed by atoms with E-state index in [1.54, 1.807) is 36.5 Å². The van der Waals surface area contributed by atoms with Crippen molar-refractivity contribution in [3.63, 3.8) is 0 Å². The van der Waals surface area contributed by atoms with E-state index < -0.39 is 24.0 Å². The van der Waals surface area contributed by atoms with Crippen LogP contribution in [0.4, 0.5) is 0 Å². The number of hydrogen-bond donors (Lipinski definition) is 2. The van der Waals surface area contributed by atoms with Crippen LogP contribution in [0, 0.1) is 5.21 Å². The number of nitrogens with two attached hydrogens (primary N) is 1. The molecule has 4 aromatic rings. The molecule has 5 rings (SSSR count). The Kier molecular flexibility index (Phi) is 7.27. The maximum Gasteiger partial charge on any atom is 0.248 e. The van der Waals surface area contributed by atoms with Gasteiger partial charge in [0.15, 0.2) is 11.9 Å². The van der Waals surface area contributed by atoms with Crippen LogP contribution in [-0.4, -0.2) is 53.8 Å². The monoisotopic (exact) mass is 511 g/mol. The Bertz CT molecular complexity index is 1420. The zero-order chi connectivity index (χ0) is 26.6. The molecule has 1 aliphatic rings. The van der Waals surface area contributed by atoms with Gasteiger partial charge in [-0.05, 0) is 41.3 Å². The molecule has 10 nitrogen and oxygen atoms in total. The fourth-order valence-corrected chi connectivity index (χ4v) is 4.69. The molecule has 194 valence electrons. The van der Waals surface area contributed by atoms with E-state index in [2.05, 4.69) is 27.1 Å². The van der Waals surface area contributed by atoms with Crippen molar-refractivity contribution in [1.82, 2.24) is 24.7 Å². The minimum atomic E-state index is -1.85. The van der Waals surface area contributed by atoms with E-state index in [9.17, 15) is 19.9 Å². The minimum Gasteiger partial charge on any atom is -0.756 e. The van der Waals surface area contributed by atoms with Gasteiger partial charge in [0, 0.05) is 32.0 Å². The van der Waals surface area contributed by atoms with Gasteiger partial charge in [0.25, 0.3) is 0 Å². The number of aromatic nitrogens is 3. The highest BCUT2D eigenvalue weighted by Crippen LogP contribution is 2.24. The highest BCUT2D eigenvalue weighted by atomic mass is 16.5. The van der Waals surface area contributed by atoms with Crippen LogP contribution in [0.2, 0.25) is 0 Å². The summed E-state index contributed by atoms with van der Waals surface area (Å²) in [6, 6.07) is 20.5. The quantitative estimate of drug-likeness (QED) is 0.328. The van der Waals surface area contributed by atoms with Gasteiger partial charge in [-0.25, -0.2) is 9.67 Å². The maximum atomic E-state index is 13.4. The van der Waals surface area contributed by atoms with Crippen molar-refractivity contribution in [3.05, 3.63) is 118 Å². The Labute approximate surface area is 219 Å². The average molecular weight is 512 g/mol. The van der Waals surface area contributed by atoms with E-state index in [1.165, 1.54) is 34.1 Å². The number of hydroxylamine groups is 2. The minimum absolute atomic E-state index is 0.0135. The van der Waals surface area contributed by atoms with Crippen LogP contribution in [-0.2, 0) is 30.8 Å². The number of primary amides is 1. The van der Waals surface area contributed by atoms with Crippen LogP contribution < -0.4 is 5.73 Å². The lowest BCUT2D eigenvalue weighted by Crippen LogP contribution is -2.50. The van der Waals surface area contributed by atoms with Gasteiger partial charge < -0.3 is 21.1 Å². The third-order valence-electron chi connectivity index (χ3n) is 6.62. The second-order valence-corrected chi connectivity index (χ2v) is 9.28. The molecule has 2 atom stereocenters. The van der Waals surface area contributed by atoms with Crippen molar-refractivity contribution in [1.29, 1.82) is 0 Å². The zero-order valence-corrected chi connectivity index (χ0v) is 20.6. The number of rotatable bonds is 9. The molecule has 0 bridgehead atoms. The molecule has 38 heavy (non-hydrogen) atoms. The number of amides is 2. The van der Waals surface area contributed by atoms with Gasteiger partial charge in [0.05, 0.1) is 17.3 Å². The fourth-order valence-electron chi connectivity index (χ4n) is 4.69. The number of benzene rings is 2. The highest BCUT2D eigenvalue weighted by molar-refractivity contribution is 5.98. The molecule has 10 heteroatoms. The lowest BCUT2D eigenvalue weighted by Gasteiger charge is -2.39. The van der Waals surface area contributed by atoms with Gasteiger partial charge >= 0.3 is 0 Å². The number of aliphatic hydroxyl groups excluding tert-OH is 1. The molecule has 2 amide bonds. The molecule has 3 N–H and O–H groups in total. The number of fused-ring (bicyclic) bond motifs is 1. The van der Waals surface area contributed by atoms with Crippen LogP contribution in [0.15, 0.2) is 85.2 Å². The average Bonchev–Trinajstić information content (AvgIpc) is 3.57. The van der Waals surface area contributed by atoms with Gasteiger partial charge in [0.1, 0.15) is 0 Å². The zero-order valence-electron chi connectivity index (χ0n) is 20.6. The van der Waals surface area contributed by atoms with Crippen molar-refractivity contribution in [2.45, 2.75) is 38.2 Å². The normalized spacial score (nSPS) is 14.6. The highest BCUT2D eigenvalue weighted by Gasteiger charge is 2.30. The van der Waals surface area contributed by atoms with Crippen molar-refractivity contribution in [2.75, 3.05) is 0 Å². The molecule has 2 unspecified atom stereocenters. The van der Waals surface area contributed by atoms with Gasteiger partial charge in [-0.1, -0.05) is 54.6 Å². The molecule has 2 aromatic carbocycles. The topological polar surface area (TPSA) is 141 Å². The first-order valence-electron chi connectivity index (χ1n) is 12.2. The smallest absolute Gasteiger partial charge is 0.248 e. The number of carbonyl (C=O) groups is 2. The lowest BCUT2D eigenvalue weighted by molar-refractivity contribution is -0.128. The standard InChI is InChI=1S/C28H27N6O4/c29-26(36)25(35)24(15-19-7-2-1-3-8-19)34(38)28(37)23-11-6-13-30-27(23)33-14-12-22(31-33)18-32-16-20-9-4-5-10-21(20)17-32/h1-14,24-25,35H,15-18H2,(H2,29,36)/q-1. The predicted octanol–water partition coefficient (Wildman–Crippen LogP) is 2.18. The summed E-state index contributed by atoms with van der Waals surface area (Å²) in [6.07, 6.45) is 1.28. The first-order chi connectivity index (χ1) is 18.4. The SMILES string of the molecule is NC(=O)C(O)C(Cc1ccccc1)N([O-])C(=O)c1cccnc1-n1ccc(CN2Cc3ccccc3C2)n1. The van der Waals surface area contributed by atoms with Crippen molar-refractivity contribution >= 4 is 11.8 Å². The van der Waals surface area contributed by atoms with Crippen LogP contribution in [0.25, 0.3) is 5.82 Å². The largest absolute Gasteiger partial charge is 0.756 e. The number of pyridine rings is 1. The second kappa shape index (κ2) is 10.9. The van der Waals surface area contributed by atoms with E-state index >= 15 is 0 Å². The van der Waals surface area contributed by atoms with Gasteiger partial charge in [-0.2, -0.15) is 5.10 Å². The maximum absolute atomic E-state index is 13.4. The fraction of sp³-hybridized carbons (Fsp3) is 0.214. The van der Waals surface area contributed by atoms with Crippen molar-refractivity contribution in [3.8, 4) is 5.82 Å². The van der Waals surface area contributed by atoms with Crippen molar-refractivity contribution in [2.24, 2.45) is 5.73 Å². The Balaban J connectivity index is 1.36. The van der Waals surface area contributed by atoms with E-state index in [0.717, 1.165) is 18.8 Å². The molecule has 2 aromatic heterocycles. The molecule has 1 aliphatic heterocycles. The van der Waals surface area contributed by atoms with Gasteiger partial charge in [-0.15, -0.1) is 0 Å². The molecule has 0 saturated heterocycles. The molecular formula is C28H27N6O4-. The number of hydrogen-bond acceptors (Lipinski definition) is 7. The summed E-state index contributed by atoms with van der Waals surface area (Å²) in [4.78, 5) is 31.7. The number of aliphatic hydroxyl groups is 1. The van der Waals surface area contributed by atoms with Crippen LogP contribution in [0.5, 0.6) is 0 Å². The molecule has 0 saturated carbocycles. The first kappa shape index (κ1) is 25.3. The van der Waals surface area contributed by atoms with E-state index in [-0.39, 0.29) is 22.9 Å². The van der Waals surface area contributed by atoms with Gasteiger partial charge in [0.2, 0.25) is 11.8 Å². The van der Waals surface area contributed by atoms with E-state index in [4.69, 9.17) is 5.73 Å². The van der Waals surface area contributed by atoms with Crippen molar-refractivity contribution < 1.29 is 14.7 Å². The van der Waals surface area contributed by atoms with Gasteiger partial charge in [-0.3, -0.25) is 14.5 Å². The summed E-state index contributed by atoms with van der Waals surface area (Å²) in [6.45, 7) is 2.26.